The molecule has 19 heavy (non-hydrogen) atoms. The van der Waals surface area contributed by atoms with Gasteiger partial charge in [0.05, 0.1) is 11.8 Å². The fourth-order valence-corrected chi connectivity index (χ4v) is 1.94. The monoisotopic (exact) mass is 259 g/mol. The Bertz CT molecular complexity index is 496. The van der Waals surface area contributed by atoms with Gasteiger partial charge in [-0.3, -0.25) is 0 Å². The molecule has 2 rings (SSSR count). The molecule has 4 heteroatoms. The second kappa shape index (κ2) is 6.50. The van der Waals surface area contributed by atoms with E-state index < -0.39 is 0 Å². The molecule has 0 fully saturated rings. The van der Waals surface area contributed by atoms with Crippen molar-refractivity contribution in [1.29, 1.82) is 0 Å². The molecule has 2 unspecified atom stereocenters. The Kier molecular flexibility index (Phi) is 4.71. The average molecular weight is 259 g/mol. The summed E-state index contributed by atoms with van der Waals surface area (Å²) in [6.45, 7) is 4.99. The van der Waals surface area contributed by atoms with Crippen molar-refractivity contribution in [3.8, 4) is 5.69 Å². The molecule has 0 spiro atoms. The van der Waals surface area contributed by atoms with Crippen LogP contribution in [0, 0.1) is 0 Å². The minimum atomic E-state index is 0.192. The highest BCUT2D eigenvalue weighted by Crippen LogP contribution is 2.13. The number of ether oxygens (including phenoxy) is 1. The molecule has 1 heterocycles. The zero-order valence-electron chi connectivity index (χ0n) is 11.7. The molecule has 2 atom stereocenters. The van der Waals surface area contributed by atoms with E-state index in [2.05, 4.69) is 42.5 Å². The molecule has 1 aromatic carbocycles. The number of benzene rings is 1. The molecule has 0 saturated heterocycles. The molecule has 0 bridgehead atoms. The topological polar surface area (TPSA) is 39.1 Å². The van der Waals surface area contributed by atoms with Crippen molar-refractivity contribution in [2.45, 2.75) is 32.5 Å². The first kappa shape index (κ1) is 13.8. The molecule has 0 aliphatic carbocycles. The van der Waals surface area contributed by atoms with E-state index in [0.717, 1.165) is 12.2 Å². The predicted octanol–water partition coefficient (Wildman–Crippen LogP) is 2.39. The minimum absolute atomic E-state index is 0.192. The summed E-state index contributed by atoms with van der Waals surface area (Å²) in [6.07, 6.45) is 3.94. The Labute approximate surface area is 114 Å². The summed E-state index contributed by atoms with van der Waals surface area (Å²) in [4.78, 5) is 0. The van der Waals surface area contributed by atoms with Crippen LogP contribution >= 0.6 is 0 Å². The number of methoxy groups -OCH3 is 1. The van der Waals surface area contributed by atoms with Crippen LogP contribution in [0.4, 0.5) is 0 Å². The molecular weight excluding hydrogens is 238 g/mol. The van der Waals surface area contributed by atoms with Crippen LogP contribution in [0.1, 0.15) is 19.4 Å². The van der Waals surface area contributed by atoms with Crippen LogP contribution in [0.25, 0.3) is 5.69 Å². The third-order valence-corrected chi connectivity index (χ3v) is 3.43. The van der Waals surface area contributed by atoms with E-state index in [1.165, 1.54) is 5.56 Å². The number of nitrogens with one attached hydrogen (secondary N) is 1. The molecule has 4 nitrogen and oxygen atoms in total. The van der Waals surface area contributed by atoms with Crippen LogP contribution < -0.4 is 5.32 Å². The maximum absolute atomic E-state index is 5.32. The van der Waals surface area contributed by atoms with Gasteiger partial charge in [-0.2, -0.15) is 5.10 Å². The largest absolute Gasteiger partial charge is 0.380 e. The van der Waals surface area contributed by atoms with Crippen molar-refractivity contribution >= 4 is 0 Å². The standard InChI is InChI=1S/C15H21N3O/c1-12(13(2)19-3)16-11-14-7-4-5-8-15(14)18-10-6-9-17-18/h4-10,12-13,16H,11H2,1-3H3. The van der Waals surface area contributed by atoms with Crippen LogP contribution in [0.2, 0.25) is 0 Å². The summed E-state index contributed by atoms with van der Waals surface area (Å²) in [6, 6.07) is 10.5. The Hall–Kier alpha value is -1.65. The highest BCUT2D eigenvalue weighted by atomic mass is 16.5. The van der Waals surface area contributed by atoms with Crippen LogP contribution in [-0.2, 0) is 11.3 Å². The highest BCUT2D eigenvalue weighted by molar-refractivity contribution is 5.40. The van der Waals surface area contributed by atoms with Gasteiger partial charge >= 0.3 is 0 Å². The van der Waals surface area contributed by atoms with Gasteiger partial charge in [0, 0.05) is 32.1 Å². The van der Waals surface area contributed by atoms with Gasteiger partial charge in [0.2, 0.25) is 0 Å². The van der Waals surface area contributed by atoms with Crippen LogP contribution in [0.5, 0.6) is 0 Å². The second-order valence-electron chi connectivity index (χ2n) is 4.69. The van der Waals surface area contributed by atoms with Gasteiger partial charge in [0.15, 0.2) is 0 Å². The average Bonchev–Trinajstić information content (AvgIpc) is 2.98. The van der Waals surface area contributed by atoms with Crippen molar-refractivity contribution < 1.29 is 4.74 Å². The molecule has 1 N–H and O–H groups in total. The summed E-state index contributed by atoms with van der Waals surface area (Å²) < 4.78 is 7.21. The molecule has 0 amide bonds. The van der Waals surface area contributed by atoms with E-state index in [4.69, 9.17) is 4.74 Å². The highest BCUT2D eigenvalue weighted by Gasteiger charge is 2.11. The van der Waals surface area contributed by atoms with Crippen LogP contribution in [0.3, 0.4) is 0 Å². The fourth-order valence-electron chi connectivity index (χ4n) is 1.94. The summed E-state index contributed by atoms with van der Waals surface area (Å²) in [7, 11) is 1.74. The molecule has 1 aromatic heterocycles. The van der Waals surface area contributed by atoms with Crippen molar-refractivity contribution in [3.05, 3.63) is 48.3 Å². The minimum Gasteiger partial charge on any atom is -0.380 e. The molecule has 0 aliphatic heterocycles. The number of para-hydroxylation sites is 1. The van der Waals surface area contributed by atoms with Gasteiger partial charge in [-0.05, 0) is 31.5 Å². The normalized spacial score (nSPS) is 14.3. The Morgan fingerprint density at radius 1 is 1.26 bits per heavy atom. The number of hydrogen-bond donors (Lipinski definition) is 1. The van der Waals surface area contributed by atoms with Gasteiger partial charge in [-0.15, -0.1) is 0 Å². The number of nitrogens with zero attached hydrogens (tertiary/aromatic N) is 2. The van der Waals surface area contributed by atoms with E-state index in [1.807, 2.05) is 23.0 Å². The second-order valence-corrected chi connectivity index (χ2v) is 4.69. The zero-order valence-corrected chi connectivity index (χ0v) is 11.7. The number of aromatic nitrogens is 2. The third-order valence-electron chi connectivity index (χ3n) is 3.43. The lowest BCUT2D eigenvalue weighted by atomic mass is 10.1. The van der Waals surface area contributed by atoms with Crippen molar-refractivity contribution in [1.82, 2.24) is 15.1 Å². The first-order valence-corrected chi connectivity index (χ1v) is 6.56. The number of hydrogen-bond acceptors (Lipinski definition) is 3. The zero-order chi connectivity index (χ0) is 13.7. The van der Waals surface area contributed by atoms with Crippen molar-refractivity contribution in [2.75, 3.05) is 7.11 Å². The SMILES string of the molecule is COC(C)C(C)NCc1ccccc1-n1cccn1. The van der Waals surface area contributed by atoms with E-state index in [-0.39, 0.29) is 6.10 Å². The molecule has 102 valence electrons. The van der Waals surface area contributed by atoms with Crippen molar-refractivity contribution in [2.24, 2.45) is 0 Å². The Morgan fingerprint density at radius 2 is 2.05 bits per heavy atom. The molecule has 0 saturated carbocycles. The van der Waals surface area contributed by atoms with E-state index >= 15 is 0 Å². The summed E-state index contributed by atoms with van der Waals surface area (Å²) >= 11 is 0. The van der Waals surface area contributed by atoms with Crippen molar-refractivity contribution in [3.63, 3.8) is 0 Å². The lowest BCUT2D eigenvalue weighted by molar-refractivity contribution is 0.0882. The summed E-state index contributed by atoms with van der Waals surface area (Å²) in [5.74, 6) is 0. The fraction of sp³-hybridized carbons (Fsp3) is 0.400. The quantitative estimate of drug-likeness (QED) is 0.865. The van der Waals surface area contributed by atoms with Gasteiger partial charge in [0.25, 0.3) is 0 Å². The predicted molar refractivity (Wildman–Crippen MR) is 76.3 cm³/mol. The molecule has 0 aliphatic rings. The molecular formula is C15H21N3O. The lowest BCUT2D eigenvalue weighted by Gasteiger charge is -2.20. The van der Waals surface area contributed by atoms with E-state index in [0.29, 0.717) is 6.04 Å². The number of rotatable bonds is 6. The Morgan fingerprint density at radius 3 is 2.74 bits per heavy atom. The van der Waals surface area contributed by atoms with Gasteiger partial charge < -0.3 is 10.1 Å². The third kappa shape index (κ3) is 3.43. The Balaban J connectivity index is 2.09. The van der Waals surface area contributed by atoms with Gasteiger partial charge in [0.1, 0.15) is 0 Å². The van der Waals surface area contributed by atoms with Crippen LogP contribution in [0.15, 0.2) is 42.7 Å². The first-order chi connectivity index (χ1) is 9.22. The molecule has 0 radical (unpaired) electrons. The van der Waals surface area contributed by atoms with Gasteiger partial charge in [-0.1, -0.05) is 18.2 Å². The summed E-state index contributed by atoms with van der Waals surface area (Å²) in [5, 5.41) is 7.78. The summed E-state index contributed by atoms with van der Waals surface area (Å²) in [5.41, 5.74) is 2.33. The lowest BCUT2D eigenvalue weighted by Crippen LogP contribution is -2.36. The first-order valence-electron chi connectivity index (χ1n) is 6.56. The smallest absolute Gasteiger partial charge is 0.0693 e. The van der Waals surface area contributed by atoms with E-state index in [1.54, 1.807) is 13.3 Å². The van der Waals surface area contributed by atoms with Gasteiger partial charge in [-0.25, -0.2) is 4.68 Å². The van der Waals surface area contributed by atoms with Crippen LogP contribution in [-0.4, -0.2) is 29.0 Å². The molecule has 2 aromatic rings. The maximum atomic E-state index is 5.32. The van der Waals surface area contributed by atoms with E-state index in [9.17, 15) is 0 Å². The maximum Gasteiger partial charge on any atom is 0.0693 e.